The summed E-state index contributed by atoms with van der Waals surface area (Å²) >= 11 is 3.17. The average Bonchev–Trinajstić information content (AvgIpc) is 2.24. The van der Waals surface area contributed by atoms with Crippen molar-refractivity contribution in [1.82, 2.24) is 5.32 Å². The summed E-state index contributed by atoms with van der Waals surface area (Å²) in [5.74, 6) is -0.620. The first-order chi connectivity index (χ1) is 7.83. The Bertz CT molecular complexity index is 421. The van der Waals surface area contributed by atoms with E-state index in [1.54, 1.807) is 11.4 Å². The lowest BCUT2D eigenvalue weighted by Crippen LogP contribution is -2.33. The SMILES string of the molecule is COc1cc(Br)ccc1C(=O)NCC(F)(F)F. The van der Waals surface area contributed by atoms with Crippen LogP contribution in [0.25, 0.3) is 0 Å². The Morgan fingerprint density at radius 2 is 2.12 bits per heavy atom. The van der Waals surface area contributed by atoms with E-state index < -0.39 is 18.6 Å². The van der Waals surface area contributed by atoms with Gasteiger partial charge in [-0.15, -0.1) is 0 Å². The van der Waals surface area contributed by atoms with Gasteiger partial charge in [0, 0.05) is 4.47 Å². The third-order valence-electron chi connectivity index (χ3n) is 1.86. The maximum Gasteiger partial charge on any atom is 0.405 e. The molecule has 1 aromatic rings. The molecule has 0 heterocycles. The highest BCUT2D eigenvalue weighted by Gasteiger charge is 2.28. The molecule has 17 heavy (non-hydrogen) atoms. The van der Waals surface area contributed by atoms with Crippen molar-refractivity contribution < 1.29 is 22.7 Å². The first kappa shape index (κ1) is 13.8. The number of benzene rings is 1. The van der Waals surface area contributed by atoms with Crippen LogP contribution in [0.5, 0.6) is 5.75 Å². The van der Waals surface area contributed by atoms with Gasteiger partial charge in [-0.2, -0.15) is 13.2 Å². The molecular formula is C10H9BrF3NO2. The number of ether oxygens (including phenoxy) is 1. The molecule has 0 fully saturated rings. The van der Waals surface area contributed by atoms with Gasteiger partial charge in [0.05, 0.1) is 12.7 Å². The van der Waals surface area contributed by atoms with E-state index >= 15 is 0 Å². The van der Waals surface area contributed by atoms with Crippen molar-refractivity contribution in [2.24, 2.45) is 0 Å². The van der Waals surface area contributed by atoms with Crippen LogP contribution in [0.15, 0.2) is 22.7 Å². The molecule has 1 aromatic carbocycles. The lowest BCUT2D eigenvalue weighted by Gasteiger charge is -2.11. The monoisotopic (exact) mass is 311 g/mol. The molecule has 1 rings (SSSR count). The van der Waals surface area contributed by atoms with Gasteiger partial charge in [-0.25, -0.2) is 0 Å². The van der Waals surface area contributed by atoms with Crippen LogP contribution in [0.4, 0.5) is 13.2 Å². The normalized spacial score (nSPS) is 11.1. The van der Waals surface area contributed by atoms with Crippen molar-refractivity contribution in [1.29, 1.82) is 0 Å². The van der Waals surface area contributed by atoms with Gasteiger partial charge >= 0.3 is 6.18 Å². The minimum atomic E-state index is -4.43. The highest BCUT2D eigenvalue weighted by atomic mass is 79.9. The predicted octanol–water partition coefficient (Wildman–Crippen LogP) is 2.75. The zero-order valence-electron chi connectivity index (χ0n) is 8.77. The molecule has 0 radical (unpaired) electrons. The molecule has 0 saturated carbocycles. The van der Waals surface area contributed by atoms with Gasteiger partial charge in [-0.05, 0) is 18.2 Å². The minimum absolute atomic E-state index is 0.0555. The third kappa shape index (κ3) is 4.26. The first-order valence-electron chi connectivity index (χ1n) is 4.52. The van der Waals surface area contributed by atoms with Gasteiger partial charge in [0.1, 0.15) is 12.3 Å². The molecule has 7 heteroatoms. The largest absolute Gasteiger partial charge is 0.496 e. The van der Waals surface area contributed by atoms with Crippen LogP contribution >= 0.6 is 15.9 Å². The van der Waals surface area contributed by atoms with Gasteiger partial charge < -0.3 is 10.1 Å². The van der Waals surface area contributed by atoms with Gasteiger partial charge in [-0.3, -0.25) is 4.79 Å². The van der Waals surface area contributed by atoms with Crippen molar-refractivity contribution >= 4 is 21.8 Å². The number of carbonyl (C=O) groups is 1. The lowest BCUT2D eigenvalue weighted by molar-refractivity contribution is -0.123. The Kier molecular flexibility index (Phi) is 4.39. The number of hydrogen-bond acceptors (Lipinski definition) is 2. The number of halogens is 4. The number of nitrogens with one attached hydrogen (secondary N) is 1. The Morgan fingerprint density at radius 1 is 1.47 bits per heavy atom. The summed E-state index contributed by atoms with van der Waals surface area (Å²) in [5.41, 5.74) is 0.0555. The van der Waals surface area contributed by atoms with Crippen LogP contribution in [-0.2, 0) is 0 Å². The van der Waals surface area contributed by atoms with Gasteiger partial charge in [0.15, 0.2) is 0 Å². The van der Waals surface area contributed by atoms with E-state index in [9.17, 15) is 18.0 Å². The number of carbonyl (C=O) groups excluding carboxylic acids is 1. The van der Waals surface area contributed by atoms with E-state index in [0.717, 1.165) is 0 Å². The first-order valence-corrected chi connectivity index (χ1v) is 5.31. The van der Waals surface area contributed by atoms with Gasteiger partial charge in [-0.1, -0.05) is 15.9 Å². The highest BCUT2D eigenvalue weighted by molar-refractivity contribution is 9.10. The molecule has 0 aliphatic heterocycles. The van der Waals surface area contributed by atoms with Crippen LogP contribution in [0.3, 0.4) is 0 Å². The van der Waals surface area contributed by atoms with E-state index in [4.69, 9.17) is 4.74 Å². The minimum Gasteiger partial charge on any atom is -0.496 e. The van der Waals surface area contributed by atoms with E-state index in [1.165, 1.54) is 19.2 Å². The fraction of sp³-hybridized carbons (Fsp3) is 0.300. The summed E-state index contributed by atoms with van der Waals surface area (Å²) in [4.78, 5) is 11.5. The zero-order valence-corrected chi connectivity index (χ0v) is 10.4. The maximum atomic E-state index is 11.9. The summed E-state index contributed by atoms with van der Waals surface area (Å²) in [6.45, 7) is -1.37. The third-order valence-corrected chi connectivity index (χ3v) is 2.35. The second-order valence-corrected chi connectivity index (χ2v) is 4.06. The quantitative estimate of drug-likeness (QED) is 0.932. The molecule has 0 unspecified atom stereocenters. The van der Waals surface area contributed by atoms with Crippen LogP contribution in [-0.4, -0.2) is 25.7 Å². The molecule has 0 saturated heterocycles. The second-order valence-electron chi connectivity index (χ2n) is 3.14. The molecule has 1 amide bonds. The van der Waals surface area contributed by atoms with Crippen molar-refractivity contribution in [3.05, 3.63) is 28.2 Å². The zero-order chi connectivity index (χ0) is 13.1. The summed E-state index contributed by atoms with van der Waals surface area (Å²) < 4.78 is 41.3. The molecule has 0 aliphatic carbocycles. The summed E-state index contributed by atoms with van der Waals surface area (Å²) in [5, 5.41) is 1.77. The van der Waals surface area contributed by atoms with Crippen LogP contribution < -0.4 is 10.1 Å². The number of alkyl halides is 3. The fourth-order valence-corrected chi connectivity index (χ4v) is 1.47. The van der Waals surface area contributed by atoms with Crippen LogP contribution in [0.2, 0.25) is 0 Å². The van der Waals surface area contributed by atoms with E-state index in [2.05, 4.69) is 15.9 Å². The smallest absolute Gasteiger partial charge is 0.405 e. The standard InChI is InChI=1S/C10H9BrF3NO2/c1-17-8-4-6(11)2-3-7(8)9(16)15-5-10(12,13)14/h2-4H,5H2,1H3,(H,15,16). The van der Waals surface area contributed by atoms with Crippen molar-refractivity contribution in [2.75, 3.05) is 13.7 Å². The Hall–Kier alpha value is -1.24. The Balaban J connectivity index is 2.82. The topological polar surface area (TPSA) is 38.3 Å². The molecule has 94 valence electrons. The molecular weight excluding hydrogens is 303 g/mol. The molecule has 1 N–H and O–H groups in total. The van der Waals surface area contributed by atoms with E-state index in [-0.39, 0.29) is 11.3 Å². The molecule has 0 aliphatic rings. The highest BCUT2D eigenvalue weighted by Crippen LogP contribution is 2.23. The second kappa shape index (κ2) is 5.39. The summed E-state index contributed by atoms with van der Waals surface area (Å²) in [6.07, 6.45) is -4.43. The number of amides is 1. The number of rotatable bonds is 3. The Morgan fingerprint density at radius 3 is 2.65 bits per heavy atom. The summed E-state index contributed by atoms with van der Waals surface area (Å²) in [7, 11) is 1.34. The Labute approximate surface area is 104 Å². The number of methoxy groups -OCH3 is 1. The van der Waals surface area contributed by atoms with Crippen LogP contribution in [0, 0.1) is 0 Å². The summed E-state index contributed by atoms with van der Waals surface area (Å²) in [6, 6.07) is 4.43. The van der Waals surface area contributed by atoms with Crippen LogP contribution in [0.1, 0.15) is 10.4 Å². The molecule has 0 bridgehead atoms. The maximum absolute atomic E-state index is 11.9. The lowest BCUT2D eigenvalue weighted by atomic mass is 10.2. The van der Waals surface area contributed by atoms with Crippen molar-refractivity contribution in [3.63, 3.8) is 0 Å². The molecule has 0 atom stereocenters. The molecule has 0 aromatic heterocycles. The van der Waals surface area contributed by atoms with Crippen molar-refractivity contribution in [3.8, 4) is 5.75 Å². The predicted molar refractivity (Wildman–Crippen MR) is 59.1 cm³/mol. The fourth-order valence-electron chi connectivity index (χ4n) is 1.13. The van der Waals surface area contributed by atoms with E-state index in [0.29, 0.717) is 4.47 Å². The van der Waals surface area contributed by atoms with Crippen molar-refractivity contribution in [2.45, 2.75) is 6.18 Å². The number of hydrogen-bond donors (Lipinski definition) is 1. The molecule has 3 nitrogen and oxygen atoms in total. The van der Waals surface area contributed by atoms with Gasteiger partial charge in [0.2, 0.25) is 0 Å². The molecule has 0 spiro atoms. The average molecular weight is 312 g/mol. The van der Waals surface area contributed by atoms with Gasteiger partial charge in [0.25, 0.3) is 5.91 Å². The van der Waals surface area contributed by atoms with E-state index in [1.807, 2.05) is 0 Å².